The lowest BCUT2D eigenvalue weighted by Crippen LogP contribution is -2.00. The molecule has 0 saturated heterocycles. The average molecular weight is 338 g/mol. The predicted octanol–water partition coefficient (Wildman–Crippen LogP) is 5.11. The van der Waals surface area contributed by atoms with Gasteiger partial charge in [-0.1, -0.05) is 23.2 Å². The van der Waals surface area contributed by atoms with Gasteiger partial charge in [-0.25, -0.2) is 4.98 Å². The Morgan fingerprint density at radius 1 is 1.19 bits per heavy atom. The molecule has 0 spiro atoms. The summed E-state index contributed by atoms with van der Waals surface area (Å²) in [6, 6.07) is 7.60. The molecule has 0 bridgehead atoms. The number of nitrogen functional groups attached to an aromatic ring is 1. The Labute approximate surface area is 137 Å². The Morgan fingerprint density at radius 3 is 2.57 bits per heavy atom. The van der Waals surface area contributed by atoms with Gasteiger partial charge in [-0.05, 0) is 38.1 Å². The molecule has 3 aromatic rings. The molecule has 0 aliphatic heterocycles. The van der Waals surface area contributed by atoms with E-state index in [0.717, 1.165) is 28.3 Å². The number of aryl methyl sites for hydroxylation is 1. The van der Waals surface area contributed by atoms with Crippen molar-refractivity contribution in [2.75, 3.05) is 5.73 Å². The number of rotatable bonds is 2. The van der Waals surface area contributed by atoms with Crippen molar-refractivity contribution in [3.8, 4) is 16.9 Å². The van der Waals surface area contributed by atoms with Crippen LogP contribution in [0, 0.1) is 13.8 Å². The van der Waals surface area contributed by atoms with E-state index in [1.165, 1.54) is 11.3 Å². The molecule has 0 atom stereocenters. The first-order chi connectivity index (χ1) is 9.97. The predicted molar refractivity (Wildman–Crippen MR) is 90.8 cm³/mol. The van der Waals surface area contributed by atoms with E-state index in [0.29, 0.717) is 15.2 Å². The van der Waals surface area contributed by atoms with E-state index >= 15 is 0 Å². The molecule has 0 unspecified atom stereocenters. The molecule has 3 rings (SSSR count). The summed E-state index contributed by atoms with van der Waals surface area (Å²) in [5.41, 5.74) is 10.7. The lowest BCUT2D eigenvalue weighted by molar-refractivity contribution is 0.966. The number of hydrogen-bond donors (Lipinski definition) is 1. The second-order valence-corrected chi connectivity index (χ2v) is 6.52. The van der Waals surface area contributed by atoms with Crippen molar-refractivity contribution < 1.29 is 0 Å². The van der Waals surface area contributed by atoms with E-state index < -0.39 is 0 Å². The summed E-state index contributed by atoms with van der Waals surface area (Å²) < 4.78 is 2.10. The van der Waals surface area contributed by atoms with Gasteiger partial charge in [0.2, 0.25) is 0 Å². The zero-order chi connectivity index (χ0) is 15.1. The van der Waals surface area contributed by atoms with Crippen LogP contribution in [0.3, 0.4) is 0 Å². The van der Waals surface area contributed by atoms with Gasteiger partial charge in [-0.2, -0.15) is 0 Å². The minimum Gasteiger partial charge on any atom is -0.375 e. The fourth-order valence-electron chi connectivity index (χ4n) is 2.47. The maximum absolute atomic E-state index is 6.33. The molecule has 0 fully saturated rings. The Hall–Kier alpha value is -1.49. The molecular formula is C15H13Cl2N3S. The minimum atomic E-state index is 0.569. The van der Waals surface area contributed by atoms with Gasteiger partial charge in [0.1, 0.15) is 0 Å². The molecule has 6 heteroatoms. The van der Waals surface area contributed by atoms with Gasteiger partial charge in [0.05, 0.1) is 16.4 Å². The van der Waals surface area contributed by atoms with E-state index in [2.05, 4.69) is 15.6 Å². The topological polar surface area (TPSA) is 43.8 Å². The Bertz CT molecular complexity index is 820. The molecule has 21 heavy (non-hydrogen) atoms. The van der Waals surface area contributed by atoms with Gasteiger partial charge >= 0.3 is 0 Å². The van der Waals surface area contributed by atoms with Crippen molar-refractivity contribution in [1.29, 1.82) is 0 Å². The molecule has 2 N–H and O–H groups in total. The molecule has 3 nitrogen and oxygen atoms in total. The summed E-state index contributed by atoms with van der Waals surface area (Å²) in [5.74, 6) is 0. The van der Waals surface area contributed by atoms with Crippen LogP contribution in [-0.4, -0.2) is 9.55 Å². The zero-order valence-corrected chi connectivity index (χ0v) is 13.9. The van der Waals surface area contributed by atoms with Gasteiger partial charge in [0.25, 0.3) is 0 Å². The monoisotopic (exact) mass is 337 g/mol. The molecule has 2 aromatic heterocycles. The van der Waals surface area contributed by atoms with Gasteiger partial charge in [-0.3, -0.25) is 0 Å². The second kappa shape index (κ2) is 5.37. The average Bonchev–Trinajstić information content (AvgIpc) is 2.95. The largest absolute Gasteiger partial charge is 0.375 e. The first kappa shape index (κ1) is 14.4. The maximum Gasteiger partial charge on any atom is 0.180 e. The standard InChI is InChI=1S/C15H13Cl2N3S/c1-8-5-11(13-7-21-15(18)19-13)9(2)20(8)14-4-3-10(16)6-12(14)17/h3-7H,1-2H3,(H2,18,19). The van der Waals surface area contributed by atoms with Crippen molar-refractivity contribution in [3.05, 3.63) is 51.1 Å². The SMILES string of the molecule is Cc1cc(-c2csc(N)n2)c(C)n1-c1ccc(Cl)cc1Cl. The highest BCUT2D eigenvalue weighted by Gasteiger charge is 2.16. The van der Waals surface area contributed by atoms with Crippen LogP contribution in [0.25, 0.3) is 16.9 Å². The third-order valence-electron chi connectivity index (χ3n) is 3.38. The van der Waals surface area contributed by atoms with Crippen LogP contribution < -0.4 is 5.73 Å². The number of thiazole rings is 1. The quantitative estimate of drug-likeness (QED) is 0.706. The van der Waals surface area contributed by atoms with E-state index in [1.54, 1.807) is 6.07 Å². The molecule has 0 radical (unpaired) electrons. The third kappa shape index (κ3) is 2.55. The van der Waals surface area contributed by atoms with Crippen molar-refractivity contribution in [1.82, 2.24) is 9.55 Å². The van der Waals surface area contributed by atoms with E-state index in [-0.39, 0.29) is 0 Å². The second-order valence-electron chi connectivity index (χ2n) is 4.79. The van der Waals surface area contributed by atoms with Gasteiger partial charge in [0.15, 0.2) is 5.13 Å². The fourth-order valence-corrected chi connectivity index (χ4v) is 3.52. The maximum atomic E-state index is 6.33. The molecule has 0 amide bonds. The van der Waals surface area contributed by atoms with Crippen molar-refractivity contribution in [2.45, 2.75) is 13.8 Å². The van der Waals surface area contributed by atoms with Crippen molar-refractivity contribution in [2.24, 2.45) is 0 Å². The fraction of sp³-hybridized carbons (Fsp3) is 0.133. The van der Waals surface area contributed by atoms with Crippen molar-refractivity contribution in [3.63, 3.8) is 0 Å². The number of nitrogens with two attached hydrogens (primary N) is 1. The van der Waals surface area contributed by atoms with Crippen LogP contribution in [0.1, 0.15) is 11.4 Å². The summed E-state index contributed by atoms with van der Waals surface area (Å²) >= 11 is 13.7. The van der Waals surface area contributed by atoms with Gasteiger partial charge < -0.3 is 10.3 Å². The number of nitrogens with zero attached hydrogens (tertiary/aromatic N) is 2. The first-order valence-electron chi connectivity index (χ1n) is 6.33. The molecule has 0 aliphatic rings. The van der Waals surface area contributed by atoms with Crippen LogP contribution in [0.15, 0.2) is 29.6 Å². The van der Waals surface area contributed by atoms with E-state index in [4.69, 9.17) is 28.9 Å². The number of anilines is 1. The van der Waals surface area contributed by atoms with E-state index in [9.17, 15) is 0 Å². The summed E-state index contributed by atoms with van der Waals surface area (Å²) in [7, 11) is 0. The Kier molecular flexibility index (Phi) is 3.69. The van der Waals surface area contributed by atoms with Crippen LogP contribution >= 0.6 is 34.5 Å². The normalized spacial score (nSPS) is 11.0. The summed E-state index contributed by atoms with van der Waals surface area (Å²) in [5, 5.41) is 3.77. The summed E-state index contributed by atoms with van der Waals surface area (Å²) in [4.78, 5) is 4.36. The highest BCUT2D eigenvalue weighted by molar-refractivity contribution is 7.13. The minimum absolute atomic E-state index is 0.569. The summed E-state index contributed by atoms with van der Waals surface area (Å²) in [6.45, 7) is 4.08. The molecular weight excluding hydrogens is 325 g/mol. The molecule has 108 valence electrons. The third-order valence-corrected chi connectivity index (χ3v) is 4.59. The number of halogens is 2. The van der Waals surface area contributed by atoms with Gasteiger partial charge in [-0.15, -0.1) is 11.3 Å². The number of hydrogen-bond acceptors (Lipinski definition) is 3. The van der Waals surface area contributed by atoms with Crippen molar-refractivity contribution >= 4 is 39.7 Å². The Morgan fingerprint density at radius 2 is 1.95 bits per heavy atom. The van der Waals surface area contributed by atoms with Crippen LogP contribution in [0.4, 0.5) is 5.13 Å². The van der Waals surface area contributed by atoms with E-state index in [1.807, 2.05) is 31.4 Å². The molecule has 1 aromatic carbocycles. The smallest absolute Gasteiger partial charge is 0.180 e. The number of aromatic nitrogens is 2. The summed E-state index contributed by atoms with van der Waals surface area (Å²) in [6.07, 6.45) is 0. The molecule has 0 saturated carbocycles. The highest BCUT2D eigenvalue weighted by Crippen LogP contribution is 2.33. The van der Waals surface area contributed by atoms with Crippen LogP contribution in [0.2, 0.25) is 10.0 Å². The zero-order valence-electron chi connectivity index (χ0n) is 11.5. The molecule has 0 aliphatic carbocycles. The number of benzene rings is 1. The lowest BCUT2D eigenvalue weighted by atomic mass is 10.2. The van der Waals surface area contributed by atoms with Crippen LogP contribution in [0.5, 0.6) is 0 Å². The molecule has 2 heterocycles. The first-order valence-corrected chi connectivity index (χ1v) is 7.96. The highest BCUT2D eigenvalue weighted by atomic mass is 35.5. The Balaban J connectivity index is 2.18. The van der Waals surface area contributed by atoms with Crippen LogP contribution in [-0.2, 0) is 0 Å². The van der Waals surface area contributed by atoms with Gasteiger partial charge in [0, 0.05) is 27.4 Å². The lowest BCUT2D eigenvalue weighted by Gasteiger charge is -2.12.